The predicted octanol–water partition coefficient (Wildman–Crippen LogP) is 1.26. The van der Waals surface area contributed by atoms with Crippen LogP contribution in [0.5, 0.6) is 0 Å². The lowest BCUT2D eigenvalue weighted by Crippen LogP contribution is -2.61. The molecule has 0 saturated carbocycles. The quantitative estimate of drug-likeness (QED) is 0.130. The van der Waals surface area contributed by atoms with Crippen LogP contribution in [-0.2, 0) is 24.0 Å². The third-order valence-electron chi connectivity index (χ3n) is 7.63. The molecular weight excluding hydrogens is 584 g/mol. The van der Waals surface area contributed by atoms with Gasteiger partial charge < -0.3 is 41.7 Å². The van der Waals surface area contributed by atoms with Crippen molar-refractivity contribution in [3.63, 3.8) is 0 Å². The molecule has 4 unspecified atom stereocenters. The van der Waals surface area contributed by atoms with Gasteiger partial charge in [0.25, 0.3) is 0 Å². The summed E-state index contributed by atoms with van der Waals surface area (Å²) < 4.78 is 0. The maximum Gasteiger partial charge on any atom is 0.315 e. The van der Waals surface area contributed by atoms with E-state index >= 15 is 0 Å². The minimum Gasteiger partial charge on any atom is -0.481 e. The van der Waals surface area contributed by atoms with Crippen molar-refractivity contribution in [2.24, 2.45) is 10.8 Å². The van der Waals surface area contributed by atoms with Crippen molar-refractivity contribution < 1.29 is 39.0 Å². The number of carboxylic acids is 1. The summed E-state index contributed by atoms with van der Waals surface area (Å²) in [6, 6.07) is -5.47. The largest absolute Gasteiger partial charge is 0.481 e. The van der Waals surface area contributed by atoms with Crippen LogP contribution < -0.4 is 26.6 Å². The molecule has 0 spiro atoms. The lowest BCUT2D eigenvalue weighted by atomic mass is 9.86. The average Bonchev–Trinajstić information content (AvgIpc) is 3.47. The van der Waals surface area contributed by atoms with Crippen LogP contribution >= 0.6 is 0 Å². The zero-order valence-corrected chi connectivity index (χ0v) is 28.2. The molecule has 6 amide bonds. The highest BCUT2D eigenvalue weighted by atomic mass is 16.4. The molecule has 14 nitrogen and oxygen atoms in total. The van der Waals surface area contributed by atoms with Crippen molar-refractivity contribution in [1.29, 1.82) is 0 Å². The smallest absolute Gasteiger partial charge is 0.315 e. The summed E-state index contributed by atoms with van der Waals surface area (Å²) in [6.07, 6.45) is 2.18. The van der Waals surface area contributed by atoms with Crippen molar-refractivity contribution in [1.82, 2.24) is 31.5 Å². The van der Waals surface area contributed by atoms with Crippen molar-refractivity contribution in [3.8, 4) is 0 Å². The van der Waals surface area contributed by atoms with E-state index in [0.717, 1.165) is 12.8 Å². The summed E-state index contributed by atoms with van der Waals surface area (Å²) in [7, 11) is 0. The van der Waals surface area contributed by atoms with Gasteiger partial charge in [-0.1, -0.05) is 55.4 Å². The number of aliphatic hydroxyl groups excluding tert-OH is 1. The van der Waals surface area contributed by atoms with Crippen molar-refractivity contribution in [2.75, 3.05) is 19.7 Å². The number of hydrogen-bond acceptors (Lipinski definition) is 7. The van der Waals surface area contributed by atoms with E-state index in [1.54, 1.807) is 25.7 Å². The molecule has 1 fully saturated rings. The van der Waals surface area contributed by atoms with Crippen LogP contribution in [0.25, 0.3) is 0 Å². The van der Waals surface area contributed by atoms with Crippen molar-refractivity contribution >= 4 is 35.6 Å². The molecule has 1 rings (SSSR count). The number of carboxylic acid groups (broad SMARTS) is 1. The number of carbonyl (C=O) groups is 6. The summed E-state index contributed by atoms with van der Waals surface area (Å²) >= 11 is 0. The topological polar surface area (TPSA) is 206 Å². The summed E-state index contributed by atoms with van der Waals surface area (Å²) in [5.74, 6) is -4.22. The van der Waals surface area contributed by atoms with Crippen molar-refractivity contribution in [3.05, 3.63) is 0 Å². The number of nitrogens with zero attached hydrogens (tertiary/aromatic N) is 1. The molecule has 7 N–H and O–H groups in total. The number of aliphatic carboxylic acids is 1. The highest BCUT2D eigenvalue weighted by Gasteiger charge is 2.38. The summed E-state index contributed by atoms with van der Waals surface area (Å²) in [4.78, 5) is 79.4. The van der Waals surface area contributed by atoms with E-state index in [1.165, 1.54) is 0 Å². The Balaban J connectivity index is 3.27. The number of nitrogens with one attached hydrogen (secondary N) is 5. The van der Waals surface area contributed by atoms with Crippen LogP contribution in [0, 0.1) is 10.8 Å². The van der Waals surface area contributed by atoms with E-state index in [4.69, 9.17) is 0 Å². The van der Waals surface area contributed by atoms with Gasteiger partial charge >= 0.3 is 12.0 Å². The molecule has 0 bridgehead atoms. The molecule has 1 saturated heterocycles. The van der Waals surface area contributed by atoms with E-state index in [-0.39, 0.29) is 17.4 Å². The number of rotatable bonds is 16. The molecule has 0 aliphatic carbocycles. The molecule has 1 aliphatic rings. The highest BCUT2D eigenvalue weighted by molar-refractivity contribution is 5.97. The Morgan fingerprint density at radius 2 is 1.22 bits per heavy atom. The van der Waals surface area contributed by atoms with Crippen LogP contribution in [0.2, 0.25) is 0 Å². The Morgan fingerprint density at radius 1 is 0.711 bits per heavy atom. The van der Waals surface area contributed by atoms with Gasteiger partial charge in [-0.15, -0.1) is 0 Å². The first-order valence-electron chi connectivity index (χ1n) is 15.9. The third-order valence-corrected chi connectivity index (χ3v) is 7.63. The van der Waals surface area contributed by atoms with E-state index in [2.05, 4.69) is 26.6 Å². The monoisotopic (exact) mass is 640 g/mol. The Kier molecular flexibility index (Phi) is 15.8. The fourth-order valence-electron chi connectivity index (χ4n) is 5.12. The summed E-state index contributed by atoms with van der Waals surface area (Å²) in [6.45, 7) is 15.4. The normalized spacial score (nSPS) is 16.3. The number of aliphatic hydroxyl groups is 1. The van der Waals surface area contributed by atoms with Crippen LogP contribution in [0.3, 0.4) is 0 Å². The van der Waals surface area contributed by atoms with E-state index in [0.29, 0.717) is 32.4 Å². The van der Waals surface area contributed by atoms with Crippen LogP contribution in [-0.4, -0.2) is 101 Å². The molecule has 14 heteroatoms. The van der Waals surface area contributed by atoms with Gasteiger partial charge in [0.05, 0.1) is 25.5 Å². The van der Waals surface area contributed by atoms with Gasteiger partial charge in [0.15, 0.2) is 0 Å². The van der Waals surface area contributed by atoms with Crippen LogP contribution in [0.4, 0.5) is 4.79 Å². The third kappa shape index (κ3) is 14.5. The van der Waals surface area contributed by atoms with E-state index in [9.17, 15) is 39.0 Å². The first-order valence-corrected chi connectivity index (χ1v) is 15.9. The second kappa shape index (κ2) is 17.9. The van der Waals surface area contributed by atoms with Gasteiger partial charge in [0.2, 0.25) is 23.6 Å². The number of urea groups is 1. The molecule has 0 aromatic carbocycles. The fourth-order valence-corrected chi connectivity index (χ4v) is 5.12. The average molecular weight is 641 g/mol. The molecule has 1 heterocycles. The molecule has 258 valence electrons. The van der Waals surface area contributed by atoms with Gasteiger partial charge in [-0.25, -0.2) is 4.79 Å². The SMILES string of the molecule is CCC(CC)NC(=O)NC(C(=O)NC(CC(=O)N1CCCC1)C(=O)NC(CC(=O)O)C(=O)NC(CO)CC(C)(C)C)C(C)(C)C. The van der Waals surface area contributed by atoms with Crippen LogP contribution in [0.1, 0.15) is 100 Å². The van der Waals surface area contributed by atoms with Gasteiger partial charge in [0, 0.05) is 19.1 Å². The van der Waals surface area contributed by atoms with Gasteiger partial charge in [0.1, 0.15) is 18.1 Å². The highest BCUT2D eigenvalue weighted by Crippen LogP contribution is 2.21. The molecule has 4 atom stereocenters. The minimum absolute atomic E-state index is 0.101. The molecule has 45 heavy (non-hydrogen) atoms. The standard InChI is InChI=1S/C31H56N6O8/c1-9-19(10-2)33-29(45)36-25(31(6,7)8)28(44)35-21(15-23(39)37-13-11-12-14-37)27(43)34-22(16-24(40)41)26(42)32-20(18-38)17-30(3,4)5/h19-22,25,38H,9-18H2,1-8H3,(H,32,42)(H,34,43)(H,35,44)(H,40,41)(H2,33,36,45). The summed E-state index contributed by atoms with van der Waals surface area (Å²) in [5, 5.41) is 32.4. The summed E-state index contributed by atoms with van der Waals surface area (Å²) in [5.41, 5.74) is -1.06. The number of hydrogen-bond donors (Lipinski definition) is 7. The lowest BCUT2D eigenvalue weighted by molar-refractivity contribution is -0.142. The molecule has 0 aromatic heterocycles. The fraction of sp³-hybridized carbons (Fsp3) is 0.806. The zero-order valence-electron chi connectivity index (χ0n) is 28.2. The first-order chi connectivity index (χ1) is 20.8. The second-order valence-corrected chi connectivity index (χ2v) is 14.1. The minimum atomic E-state index is -1.55. The molecule has 0 aromatic rings. The first kappa shape index (κ1) is 39.6. The van der Waals surface area contributed by atoms with Gasteiger partial charge in [-0.05, 0) is 42.9 Å². The molecule has 1 aliphatic heterocycles. The number of amides is 6. The zero-order chi connectivity index (χ0) is 34.5. The Bertz CT molecular complexity index is 1030. The maximum atomic E-state index is 13.6. The second-order valence-electron chi connectivity index (χ2n) is 14.1. The predicted molar refractivity (Wildman–Crippen MR) is 169 cm³/mol. The Labute approximate surface area is 267 Å². The maximum absolute atomic E-state index is 13.6. The number of carbonyl (C=O) groups excluding carboxylic acids is 5. The lowest BCUT2D eigenvalue weighted by Gasteiger charge is -2.33. The Hall–Kier alpha value is -3.42. The molecule has 0 radical (unpaired) electrons. The molecular formula is C31H56N6O8. The van der Waals surface area contributed by atoms with E-state index < -0.39 is 78.8 Å². The van der Waals surface area contributed by atoms with Crippen molar-refractivity contribution in [2.45, 2.75) is 131 Å². The van der Waals surface area contributed by atoms with Crippen LogP contribution in [0.15, 0.2) is 0 Å². The Morgan fingerprint density at radius 3 is 1.69 bits per heavy atom. The van der Waals surface area contributed by atoms with Gasteiger partial charge in [-0.2, -0.15) is 0 Å². The van der Waals surface area contributed by atoms with E-state index in [1.807, 2.05) is 34.6 Å². The number of likely N-dealkylation sites (tertiary alicyclic amines) is 1. The van der Waals surface area contributed by atoms with Gasteiger partial charge in [-0.3, -0.25) is 24.0 Å².